The van der Waals surface area contributed by atoms with Crippen molar-refractivity contribution in [3.8, 4) is 0 Å². The summed E-state index contributed by atoms with van der Waals surface area (Å²) in [5.74, 6) is -1.05. The zero-order chi connectivity index (χ0) is 25.1. The number of allylic oxidation sites excluding steroid dienone is 2. The van der Waals surface area contributed by atoms with Gasteiger partial charge in [-0.2, -0.15) is 0 Å². The Kier molecular flexibility index (Phi) is 14.4. The van der Waals surface area contributed by atoms with Crippen LogP contribution in [0.1, 0.15) is 38.5 Å². The first-order valence-electron chi connectivity index (χ1n) is 12.2. The van der Waals surface area contributed by atoms with Crippen molar-refractivity contribution in [2.45, 2.75) is 44.6 Å². The van der Waals surface area contributed by atoms with Gasteiger partial charge in [0.25, 0.3) is 11.8 Å². The van der Waals surface area contributed by atoms with Gasteiger partial charge in [0.2, 0.25) is 5.91 Å². The van der Waals surface area contributed by atoms with Crippen LogP contribution in [0.5, 0.6) is 0 Å². The van der Waals surface area contributed by atoms with Gasteiger partial charge in [0.05, 0.1) is 39.6 Å². The minimum absolute atomic E-state index is 0.0239. The van der Waals surface area contributed by atoms with Gasteiger partial charge >= 0.3 is 6.09 Å². The van der Waals surface area contributed by atoms with Crippen LogP contribution in [0.3, 0.4) is 0 Å². The lowest BCUT2D eigenvalue weighted by atomic mass is 10.0. The maximum atomic E-state index is 11.8. The third-order valence-electron chi connectivity index (χ3n) is 5.28. The van der Waals surface area contributed by atoms with E-state index in [2.05, 4.69) is 22.8 Å². The molecule has 4 amide bonds. The van der Waals surface area contributed by atoms with Gasteiger partial charge in [-0.15, -0.1) is 0 Å². The highest BCUT2D eigenvalue weighted by molar-refractivity contribution is 6.13. The second-order valence-corrected chi connectivity index (χ2v) is 8.03. The monoisotopic (exact) mass is 495 g/mol. The quantitative estimate of drug-likeness (QED) is 0.185. The maximum absolute atomic E-state index is 11.8. The van der Waals surface area contributed by atoms with Crippen LogP contribution in [0, 0.1) is 0 Å². The lowest BCUT2D eigenvalue weighted by molar-refractivity contribution is -0.137. The molecular formula is C24H37N3O8. The predicted octanol–water partition coefficient (Wildman–Crippen LogP) is 1.08. The van der Waals surface area contributed by atoms with Gasteiger partial charge in [-0.1, -0.05) is 12.2 Å². The van der Waals surface area contributed by atoms with E-state index < -0.39 is 17.9 Å². The number of imide groups is 1. The fraction of sp³-hybridized carbons (Fsp3) is 0.667. The van der Waals surface area contributed by atoms with E-state index in [1.165, 1.54) is 12.2 Å². The number of nitrogens with zero attached hydrogens (tertiary/aromatic N) is 1. The third kappa shape index (κ3) is 13.1. The summed E-state index contributed by atoms with van der Waals surface area (Å²) in [5, 5.41) is 5.37. The first-order valence-corrected chi connectivity index (χ1v) is 12.2. The molecule has 0 aromatic heterocycles. The molecule has 0 bridgehead atoms. The third-order valence-corrected chi connectivity index (χ3v) is 5.28. The normalized spacial score (nSPS) is 18.7. The van der Waals surface area contributed by atoms with E-state index in [-0.39, 0.29) is 25.0 Å². The molecule has 0 unspecified atom stereocenters. The van der Waals surface area contributed by atoms with E-state index in [9.17, 15) is 19.2 Å². The molecule has 1 heterocycles. The summed E-state index contributed by atoms with van der Waals surface area (Å²) in [7, 11) is 0. The fourth-order valence-electron chi connectivity index (χ4n) is 3.42. The van der Waals surface area contributed by atoms with Gasteiger partial charge in [0.1, 0.15) is 6.10 Å². The van der Waals surface area contributed by atoms with E-state index in [1.807, 2.05) is 0 Å². The second kappa shape index (κ2) is 17.6. The highest BCUT2D eigenvalue weighted by Crippen LogP contribution is 2.15. The van der Waals surface area contributed by atoms with Gasteiger partial charge < -0.3 is 29.6 Å². The fourth-order valence-corrected chi connectivity index (χ4v) is 3.42. The van der Waals surface area contributed by atoms with Crippen LogP contribution in [-0.4, -0.2) is 94.1 Å². The van der Waals surface area contributed by atoms with Crippen LogP contribution in [0.25, 0.3) is 0 Å². The van der Waals surface area contributed by atoms with Crippen molar-refractivity contribution in [1.82, 2.24) is 15.5 Å². The molecule has 0 aromatic carbocycles. The topological polar surface area (TPSA) is 132 Å². The van der Waals surface area contributed by atoms with Crippen molar-refractivity contribution in [2.75, 3.05) is 59.3 Å². The molecule has 196 valence electrons. The molecular weight excluding hydrogens is 458 g/mol. The molecule has 0 radical (unpaired) electrons. The van der Waals surface area contributed by atoms with Crippen molar-refractivity contribution in [1.29, 1.82) is 0 Å². The largest absolute Gasteiger partial charge is 0.446 e. The molecule has 1 aliphatic carbocycles. The Morgan fingerprint density at radius 2 is 1.43 bits per heavy atom. The van der Waals surface area contributed by atoms with Crippen molar-refractivity contribution in [3.63, 3.8) is 0 Å². The number of carbonyl (C=O) groups is 4. The van der Waals surface area contributed by atoms with Crippen LogP contribution >= 0.6 is 0 Å². The first-order chi connectivity index (χ1) is 17.1. The number of ether oxygens (including phenoxy) is 4. The summed E-state index contributed by atoms with van der Waals surface area (Å²) in [6.45, 7) is 3.05. The number of carbonyl (C=O) groups excluding carboxylic acids is 4. The summed E-state index contributed by atoms with van der Waals surface area (Å²) >= 11 is 0. The second-order valence-electron chi connectivity index (χ2n) is 8.03. The van der Waals surface area contributed by atoms with Gasteiger partial charge in [-0.05, 0) is 32.1 Å². The molecule has 11 heteroatoms. The number of rotatable bonds is 16. The zero-order valence-electron chi connectivity index (χ0n) is 20.2. The number of hydrogen-bond donors (Lipinski definition) is 2. The molecule has 35 heavy (non-hydrogen) atoms. The molecule has 0 aromatic rings. The van der Waals surface area contributed by atoms with Crippen LogP contribution in [-0.2, 0) is 33.3 Å². The lowest BCUT2D eigenvalue weighted by Gasteiger charge is -2.18. The Hall–Kier alpha value is -2.76. The Balaban J connectivity index is 1.31. The molecule has 0 saturated carbocycles. The average molecular weight is 496 g/mol. The molecule has 0 fully saturated rings. The minimum atomic E-state index is -0.401. The number of alkyl carbamates (subject to hydrolysis) is 1. The van der Waals surface area contributed by atoms with E-state index in [0.717, 1.165) is 37.0 Å². The van der Waals surface area contributed by atoms with Gasteiger partial charge in [0.15, 0.2) is 0 Å². The van der Waals surface area contributed by atoms with Gasteiger partial charge in [-0.25, -0.2) is 4.79 Å². The summed E-state index contributed by atoms with van der Waals surface area (Å²) in [6, 6.07) is 0. The minimum Gasteiger partial charge on any atom is -0.446 e. The molecule has 1 atom stereocenters. The summed E-state index contributed by atoms with van der Waals surface area (Å²) in [6.07, 6.45) is 11.1. The highest BCUT2D eigenvalue weighted by Gasteiger charge is 2.23. The molecule has 0 spiro atoms. The van der Waals surface area contributed by atoms with Crippen molar-refractivity contribution >= 4 is 23.8 Å². The average Bonchev–Trinajstić information content (AvgIpc) is 3.14. The van der Waals surface area contributed by atoms with Crippen LogP contribution in [0.2, 0.25) is 0 Å². The predicted molar refractivity (Wildman–Crippen MR) is 126 cm³/mol. The SMILES string of the molecule is O=C(CCN1C(=O)C=CC1=O)NCCOCCOCCOCCNC(=O)O[C@@H]1CC/C=C\CCC1. The maximum Gasteiger partial charge on any atom is 0.407 e. The Labute approximate surface area is 206 Å². The summed E-state index contributed by atoms with van der Waals surface area (Å²) in [4.78, 5) is 47.4. The summed E-state index contributed by atoms with van der Waals surface area (Å²) < 4.78 is 21.6. The molecule has 2 N–H and O–H groups in total. The first kappa shape index (κ1) is 28.5. The molecule has 2 rings (SSSR count). The molecule has 2 aliphatic rings. The van der Waals surface area contributed by atoms with Crippen LogP contribution in [0.4, 0.5) is 4.79 Å². The summed E-state index contributed by atoms with van der Waals surface area (Å²) in [5.41, 5.74) is 0. The van der Waals surface area contributed by atoms with E-state index >= 15 is 0 Å². The number of hydrogen-bond acceptors (Lipinski definition) is 8. The van der Waals surface area contributed by atoms with Crippen LogP contribution in [0.15, 0.2) is 24.3 Å². The van der Waals surface area contributed by atoms with E-state index in [4.69, 9.17) is 18.9 Å². The molecule has 1 aliphatic heterocycles. The standard InChI is InChI=1S/C24H37N3O8/c28-21(10-13-27-22(29)8-9-23(27)30)25-11-14-32-16-18-34-19-17-33-15-12-26-24(31)35-20-6-4-2-1-3-5-7-20/h1-2,8-9,20H,3-7,10-19H2,(H,25,28)(H,26,31)/b2-1-/t20-/m1/s1. The van der Waals surface area contributed by atoms with Crippen molar-refractivity contribution < 1.29 is 38.1 Å². The van der Waals surface area contributed by atoms with Crippen LogP contribution < -0.4 is 10.6 Å². The number of amides is 4. The molecule has 11 nitrogen and oxygen atoms in total. The van der Waals surface area contributed by atoms with Crippen molar-refractivity contribution in [3.05, 3.63) is 24.3 Å². The highest BCUT2D eigenvalue weighted by atomic mass is 16.6. The zero-order valence-corrected chi connectivity index (χ0v) is 20.2. The van der Waals surface area contributed by atoms with Gasteiger partial charge in [-0.3, -0.25) is 19.3 Å². The van der Waals surface area contributed by atoms with E-state index in [1.54, 1.807) is 0 Å². The number of nitrogens with one attached hydrogen (secondary N) is 2. The van der Waals surface area contributed by atoms with Gasteiger partial charge in [0, 0.05) is 38.2 Å². The lowest BCUT2D eigenvalue weighted by Crippen LogP contribution is -2.35. The van der Waals surface area contributed by atoms with E-state index in [0.29, 0.717) is 52.7 Å². The Bertz CT molecular complexity index is 722. The molecule has 0 saturated heterocycles. The Morgan fingerprint density at radius 3 is 2.11 bits per heavy atom. The van der Waals surface area contributed by atoms with Crippen molar-refractivity contribution in [2.24, 2.45) is 0 Å². The Morgan fingerprint density at radius 1 is 0.829 bits per heavy atom. The smallest absolute Gasteiger partial charge is 0.407 e.